The summed E-state index contributed by atoms with van der Waals surface area (Å²) in [7, 11) is 0. The average Bonchev–Trinajstić information content (AvgIpc) is 3.09. The fourth-order valence-electron chi connectivity index (χ4n) is 6.10. The molecule has 0 atom stereocenters. The summed E-state index contributed by atoms with van der Waals surface area (Å²) in [4.78, 5) is 27.8. The number of nitrogens with zero attached hydrogens (tertiary/aromatic N) is 1. The number of esters is 2. The molecule has 0 saturated heterocycles. The van der Waals surface area contributed by atoms with Crippen LogP contribution in [0.5, 0.6) is 0 Å². The fraction of sp³-hybridized carbons (Fsp3) is 0.857. The van der Waals surface area contributed by atoms with Crippen LogP contribution < -0.4 is 0 Å². The van der Waals surface area contributed by atoms with Crippen molar-refractivity contribution in [1.29, 1.82) is 0 Å². The lowest BCUT2D eigenvalue weighted by atomic mass is 9.94. The maximum atomic E-state index is 12.9. The predicted molar refractivity (Wildman–Crippen MR) is 204 cm³/mol. The zero-order valence-corrected chi connectivity index (χ0v) is 32.0. The van der Waals surface area contributed by atoms with E-state index in [0.29, 0.717) is 13.0 Å². The van der Waals surface area contributed by atoms with Gasteiger partial charge in [-0.1, -0.05) is 148 Å². The molecule has 0 aromatic carbocycles. The maximum Gasteiger partial charge on any atom is 0.309 e. The zero-order valence-electron chi connectivity index (χ0n) is 32.0. The lowest BCUT2D eigenvalue weighted by Crippen LogP contribution is -2.29. The van der Waals surface area contributed by atoms with Crippen molar-refractivity contribution >= 4 is 11.9 Å². The van der Waals surface area contributed by atoms with Crippen LogP contribution in [0.1, 0.15) is 188 Å². The van der Waals surface area contributed by atoms with Crippen LogP contribution in [-0.2, 0) is 19.1 Å². The summed E-state index contributed by atoms with van der Waals surface area (Å²) < 4.78 is 11.1. The van der Waals surface area contributed by atoms with E-state index in [2.05, 4.69) is 50.0 Å². The van der Waals surface area contributed by atoms with Gasteiger partial charge in [-0.05, 0) is 70.9 Å². The molecule has 0 aliphatic carbocycles. The van der Waals surface area contributed by atoms with Crippen LogP contribution in [0.25, 0.3) is 0 Å². The van der Waals surface area contributed by atoms with E-state index in [-0.39, 0.29) is 37.7 Å². The highest BCUT2D eigenvalue weighted by atomic mass is 16.6. The van der Waals surface area contributed by atoms with Crippen molar-refractivity contribution in [3.05, 3.63) is 24.3 Å². The van der Waals surface area contributed by atoms with Gasteiger partial charge in [0, 0.05) is 13.2 Å². The first-order valence-corrected chi connectivity index (χ1v) is 20.5. The molecule has 282 valence electrons. The van der Waals surface area contributed by atoms with Crippen LogP contribution in [-0.4, -0.2) is 61.4 Å². The van der Waals surface area contributed by atoms with Gasteiger partial charge in [-0.3, -0.25) is 9.59 Å². The van der Waals surface area contributed by atoms with E-state index < -0.39 is 0 Å². The van der Waals surface area contributed by atoms with E-state index in [4.69, 9.17) is 9.47 Å². The Kier molecular flexibility index (Phi) is 36.8. The van der Waals surface area contributed by atoms with Gasteiger partial charge in [0.2, 0.25) is 0 Å². The highest BCUT2D eigenvalue weighted by molar-refractivity contribution is 5.72. The number of rotatable bonds is 37. The third-order valence-corrected chi connectivity index (χ3v) is 9.19. The SMILES string of the molecule is CC/C=C\C/C=C\CCCCCCCCN(CCCCO)CCC(=O)OCCOC(=O)C(CCCCCCCC)CCCCCCCC. The van der Waals surface area contributed by atoms with Gasteiger partial charge in [0.25, 0.3) is 0 Å². The molecular weight excluding hydrogens is 598 g/mol. The third-order valence-electron chi connectivity index (χ3n) is 9.19. The van der Waals surface area contributed by atoms with Gasteiger partial charge in [0.15, 0.2) is 0 Å². The Morgan fingerprint density at radius 2 is 1.10 bits per heavy atom. The molecule has 0 spiro atoms. The molecule has 0 aliphatic rings. The number of aliphatic hydroxyl groups excluding tert-OH is 1. The summed E-state index contributed by atoms with van der Waals surface area (Å²) in [5, 5.41) is 9.22. The van der Waals surface area contributed by atoms with Gasteiger partial charge in [-0.15, -0.1) is 0 Å². The van der Waals surface area contributed by atoms with E-state index in [1.54, 1.807) is 0 Å². The molecule has 0 saturated carbocycles. The summed E-state index contributed by atoms with van der Waals surface area (Å²) in [6.45, 7) is 9.64. The second-order valence-corrected chi connectivity index (χ2v) is 13.7. The van der Waals surface area contributed by atoms with E-state index in [1.165, 1.54) is 103 Å². The first-order chi connectivity index (χ1) is 23.6. The van der Waals surface area contributed by atoms with Gasteiger partial charge < -0.3 is 19.5 Å². The Balaban J connectivity index is 4.31. The van der Waals surface area contributed by atoms with Crippen LogP contribution in [0.2, 0.25) is 0 Å². The molecule has 48 heavy (non-hydrogen) atoms. The summed E-state index contributed by atoms with van der Waals surface area (Å²) in [6, 6.07) is 0. The maximum absolute atomic E-state index is 12.9. The predicted octanol–water partition coefficient (Wildman–Crippen LogP) is 11.3. The summed E-state index contributed by atoms with van der Waals surface area (Å²) in [5.41, 5.74) is 0. The largest absolute Gasteiger partial charge is 0.462 e. The Labute approximate surface area is 297 Å². The molecule has 1 N–H and O–H groups in total. The van der Waals surface area contributed by atoms with Gasteiger partial charge in [0.1, 0.15) is 13.2 Å². The second kappa shape index (κ2) is 38.1. The standard InChI is InChI=1S/C42H79NO5/c1-4-7-10-13-16-17-18-19-20-21-22-25-28-34-43(35-29-30-37-44)36-33-41(45)47-38-39-48-42(46)40(31-26-23-14-11-8-5-2)32-27-24-15-12-9-6-3/h7,10,16-17,40,44H,4-6,8-9,11-15,18-39H2,1-3H3/b10-7-,17-16-. The molecule has 0 bridgehead atoms. The van der Waals surface area contributed by atoms with Crippen molar-refractivity contribution in [3.63, 3.8) is 0 Å². The van der Waals surface area contributed by atoms with Crippen LogP contribution in [0.15, 0.2) is 24.3 Å². The van der Waals surface area contributed by atoms with Crippen molar-refractivity contribution in [1.82, 2.24) is 4.90 Å². The smallest absolute Gasteiger partial charge is 0.309 e. The molecule has 6 heteroatoms. The molecule has 0 aliphatic heterocycles. The minimum Gasteiger partial charge on any atom is -0.462 e. The highest BCUT2D eigenvalue weighted by Crippen LogP contribution is 2.21. The average molecular weight is 678 g/mol. The van der Waals surface area contributed by atoms with Crippen LogP contribution in [0, 0.1) is 5.92 Å². The monoisotopic (exact) mass is 678 g/mol. The number of carbonyl (C=O) groups is 2. The molecule has 0 fully saturated rings. The van der Waals surface area contributed by atoms with Gasteiger partial charge in [0.05, 0.1) is 12.3 Å². The van der Waals surface area contributed by atoms with E-state index >= 15 is 0 Å². The molecule has 0 amide bonds. The minimum atomic E-state index is -0.232. The van der Waals surface area contributed by atoms with Gasteiger partial charge in [-0.2, -0.15) is 0 Å². The highest BCUT2D eigenvalue weighted by Gasteiger charge is 2.19. The van der Waals surface area contributed by atoms with Crippen molar-refractivity contribution in [2.24, 2.45) is 5.92 Å². The first kappa shape index (κ1) is 46.3. The molecule has 6 nitrogen and oxygen atoms in total. The number of carbonyl (C=O) groups excluding carboxylic acids is 2. The van der Waals surface area contributed by atoms with E-state index in [9.17, 15) is 14.7 Å². The van der Waals surface area contributed by atoms with Crippen molar-refractivity contribution < 1.29 is 24.2 Å². The molecular formula is C42H79NO5. The first-order valence-electron chi connectivity index (χ1n) is 20.5. The van der Waals surface area contributed by atoms with Crippen molar-refractivity contribution in [2.45, 2.75) is 188 Å². The molecule has 0 heterocycles. The lowest BCUT2D eigenvalue weighted by Gasteiger charge is -2.22. The van der Waals surface area contributed by atoms with Crippen LogP contribution >= 0.6 is 0 Å². The molecule has 0 rings (SSSR count). The van der Waals surface area contributed by atoms with Crippen molar-refractivity contribution in [2.75, 3.05) is 39.5 Å². The summed E-state index contributed by atoms with van der Waals surface area (Å²) in [5.74, 6) is -0.384. The van der Waals surface area contributed by atoms with Gasteiger partial charge >= 0.3 is 11.9 Å². The fourth-order valence-corrected chi connectivity index (χ4v) is 6.10. The molecule has 0 aromatic rings. The third kappa shape index (κ3) is 32.9. The zero-order chi connectivity index (χ0) is 35.2. The molecule has 0 unspecified atom stereocenters. The minimum absolute atomic E-state index is 0.0364. The number of hydrogen-bond acceptors (Lipinski definition) is 6. The van der Waals surface area contributed by atoms with E-state index in [1.807, 2.05) is 0 Å². The van der Waals surface area contributed by atoms with Crippen LogP contribution in [0.3, 0.4) is 0 Å². The molecule has 0 aromatic heterocycles. The number of ether oxygens (including phenoxy) is 2. The van der Waals surface area contributed by atoms with Crippen LogP contribution in [0.4, 0.5) is 0 Å². The Bertz CT molecular complexity index is 736. The number of unbranched alkanes of at least 4 members (excludes halogenated alkanes) is 17. The lowest BCUT2D eigenvalue weighted by molar-refractivity contribution is -0.155. The number of aliphatic hydroxyl groups is 1. The summed E-state index contributed by atoms with van der Waals surface area (Å²) in [6.07, 6.45) is 38.3. The number of allylic oxidation sites excluding steroid dienone is 4. The Hall–Kier alpha value is -1.66. The normalized spacial score (nSPS) is 11.9. The Morgan fingerprint density at radius 1 is 0.583 bits per heavy atom. The summed E-state index contributed by atoms with van der Waals surface area (Å²) >= 11 is 0. The second-order valence-electron chi connectivity index (χ2n) is 13.7. The van der Waals surface area contributed by atoms with Gasteiger partial charge in [-0.25, -0.2) is 0 Å². The Morgan fingerprint density at radius 3 is 1.71 bits per heavy atom. The molecule has 0 radical (unpaired) electrons. The van der Waals surface area contributed by atoms with E-state index in [0.717, 1.165) is 70.9 Å². The number of hydrogen-bond donors (Lipinski definition) is 1. The van der Waals surface area contributed by atoms with Crippen molar-refractivity contribution in [3.8, 4) is 0 Å². The topological polar surface area (TPSA) is 76.1 Å². The quantitative estimate of drug-likeness (QED) is 0.0401.